The number of halogens is 2. The summed E-state index contributed by atoms with van der Waals surface area (Å²) in [6.45, 7) is 2.17. The van der Waals surface area contributed by atoms with Crippen molar-refractivity contribution in [3.05, 3.63) is 99.5 Å². The van der Waals surface area contributed by atoms with E-state index in [0.29, 0.717) is 39.4 Å². The van der Waals surface area contributed by atoms with Gasteiger partial charge in [0.15, 0.2) is 5.13 Å². The van der Waals surface area contributed by atoms with Crippen molar-refractivity contribution in [2.24, 2.45) is 0 Å². The largest absolute Gasteiger partial charge is 0.492 e. The minimum Gasteiger partial charge on any atom is -0.492 e. The van der Waals surface area contributed by atoms with Crippen molar-refractivity contribution < 1.29 is 19.1 Å². The van der Waals surface area contributed by atoms with Crippen molar-refractivity contribution in [1.29, 1.82) is 0 Å². The van der Waals surface area contributed by atoms with Crippen LogP contribution < -0.4 is 20.3 Å². The van der Waals surface area contributed by atoms with Gasteiger partial charge in [0.2, 0.25) is 0 Å². The standard InChI is InChI=1S/C28H20Cl2N4O4S/c1-2-38-22-6-4-3-5-21(22)34-26(36)23(30)24(27(34)37)31-19-13-9-17(10-14-19)25(35)33-28-32-20(15-39-28)16-7-11-18(29)12-8-16/h3-15,31H,2H2,1H3,(H,32,33,35). The van der Waals surface area contributed by atoms with Crippen LogP contribution >= 0.6 is 34.5 Å². The number of thiazole rings is 1. The Morgan fingerprint density at radius 3 is 2.41 bits per heavy atom. The zero-order valence-corrected chi connectivity index (χ0v) is 22.7. The van der Waals surface area contributed by atoms with E-state index < -0.39 is 11.8 Å². The Bertz CT molecular complexity index is 1600. The number of carbonyl (C=O) groups is 3. The Morgan fingerprint density at radius 2 is 1.69 bits per heavy atom. The quantitative estimate of drug-likeness (QED) is 0.230. The van der Waals surface area contributed by atoms with E-state index in [1.165, 1.54) is 11.3 Å². The summed E-state index contributed by atoms with van der Waals surface area (Å²) in [6, 6.07) is 20.4. The van der Waals surface area contributed by atoms with Crippen LogP contribution in [0, 0.1) is 0 Å². The van der Waals surface area contributed by atoms with E-state index in [4.69, 9.17) is 27.9 Å². The van der Waals surface area contributed by atoms with E-state index in [-0.39, 0.29) is 16.6 Å². The summed E-state index contributed by atoms with van der Waals surface area (Å²) in [4.78, 5) is 44.2. The molecule has 2 heterocycles. The minimum atomic E-state index is -0.659. The molecule has 0 unspecified atom stereocenters. The maximum atomic E-state index is 13.2. The maximum Gasteiger partial charge on any atom is 0.283 e. The van der Waals surface area contributed by atoms with E-state index in [1.807, 2.05) is 24.4 Å². The predicted molar refractivity (Wildman–Crippen MR) is 154 cm³/mol. The van der Waals surface area contributed by atoms with Crippen LogP contribution in [0.4, 0.5) is 16.5 Å². The van der Waals surface area contributed by atoms with Gasteiger partial charge in [-0.05, 0) is 55.5 Å². The highest BCUT2D eigenvalue weighted by Gasteiger charge is 2.40. The SMILES string of the molecule is CCOc1ccccc1N1C(=O)C(Cl)=C(Nc2ccc(C(=O)Nc3nc(-c4ccc(Cl)cc4)cs3)cc2)C1=O. The number of nitrogens with zero attached hydrogens (tertiary/aromatic N) is 2. The van der Waals surface area contributed by atoms with Crippen molar-refractivity contribution in [3.8, 4) is 17.0 Å². The molecule has 1 aliphatic rings. The molecule has 5 rings (SSSR count). The maximum absolute atomic E-state index is 13.2. The number of nitrogens with one attached hydrogen (secondary N) is 2. The number of hydrogen-bond donors (Lipinski definition) is 2. The molecule has 0 bridgehead atoms. The summed E-state index contributed by atoms with van der Waals surface area (Å²) in [5.74, 6) is -1.22. The van der Waals surface area contributed by atoms with Gasteiger partial charge in [0.1, 0.15) is 16.5 Å². The lowest BCUT2D eigenvalue weighted by atomic mass is 10.2. The number of hydrogen-bond acceptors (Lipinski definition) is 7. The Kier molecular flexibility index (Phi) is 7.65. The van der Waals surface area contributed by atoms with Gasteiger partial charge in [-0.3, -0.25) is 19.7 Å². The molecule has 196 valence electrons. The number of aromatic nitrogens is 1. The molecule has 2 N–H and O–H groups in total. The zero-order valence-electron chi connectivity index (χ0n) is 20.4. The Labute approximate surface area is 237 Å². The molecule has 3 amide bonds. The van der Waals surface area contributed by atoms with Gasteiger partial charge in [-0.25, -0.2) is 9.88 Å². The normalized spacial score (nSPS) is 13.2. The van der Waals surface area contributed by atoms with Gasteiger partial charge in [-0.2, -0.15) is 0 Å². The third-order valence-corrected chi connectivity index (χ3v) is 7.07. The van der Waals surface area contributed by atoms with Gasteiger partial charge in [-0.15, -0.1) is 11.3 Å². The van der Waals surface area contributed by atoms with Crippen LogP contribution in [-0.4, -0.2) is 29.3 Å². The van der Waals surface area contributed by atoms with Crippen molar-refractivity contribution in [1.82, 2.24) is 4.98 Å². The van der Waals surface area contributed by atoms with Crippen LogP contribution in [0.3, 0.4) is 0 Å². The third kappa shape index (κ3) is 5.51. The Balaban J connectivity index is 1.27. The molecular weight excluding hydrogens is 559 g/mol. The lowest BCUT2D eigenvalue weighted by Gasteiger charge is -2.18. The van der Waals surface area contributed by atoms with Gasteiger partial charge in [0, 0.05) is 27.2 Å². The number of benzene rings is 3. The molecule has 4 aromatic rings. The fourth-order valence-corrected chi connectivity index (χ4v) is 4.91. The minimum absolute atomic E-state index is 0.0670. The molecule has 1 aromatic heterocycles. The second-order valence-corrected chi connectivity index (χ2v) is 9.91. The van der Waals surface area contributed by atoms with E-state index in [2.05, 4.69) is 15.6 Å². The summed E-state index contributed by atoms with van der Waals surface area (Å²) in [7, 11) is 0. The highest BCUT2D eigenvalue weighted by atomic mass is 35.5. The number of carbonyl (C=O) groups excluding carboxylic acids is 3. The zero-order chi connectivity index (χ0) is 27.5. The van der Waals surface area contributed by atoms with Crippen LogP contribution in [0.5, 0.6) is 5.75 Å². The average molecular weight is 579 g/mol. The highest BCUT2D eigenvalue weighted by molar-refractivity contribution is 7.14. The van der Waals surface area contributed by atoms with Crippen molar-refractivity contribution in [2.75, 3.05) is 22.1 Å². The monoisotopic (exact) mass is 578 g/mol. The molecule has 0 atom stereocenters. The molecule has 0 saturated heterocycles. The van der Waals surface area contributed by atoms with Crippen molar-refractivity contribution >= 4 is 68.8 Å². The molecule has 0 spiro atoms. The summed E-state index contributed by atoms with van der Waals surface area (Å²) >= 11 is 13.5. The van der Waals surface area contributed by atoms with Gasteiger partial charge < -0.3 is 10.1 Å². The smallest absolute Gasteiger partial charge is 0.283 e. The van der Waals surface area contributed by atoms with E-state index in [1.54, 1.807) is 60.7 Å². The number of imide groups is 1. The molecule has 0 saturated carbocycles. The second kappa shape index (κ2) is 11.3. The molecule has 0 radical (unpaired) electrons. The van der Waals surface area contributed by atoms with E-state index in [0.717, 1.165) is 16.2 Å². The summed E-state index contributed by atoms with van der Waals surface area (Å²) in [5, 5.41) is 8.38. The lowest BCUT2D eigenvalue weighted by molar-refractivity contribution is -0.120. The van der Waals surface area contributed by atoms with Gasteiger partial charge in [0.25, 0.3) is 17.7 Å². The van der Waals surface area contributed by atoms with Gasteiger partial charge >= 0.3 is 0 Å². The highest BCUT2D eigenvalue weighted by Crippen LogP contribution is 2.35. The Morgan fingerprint density at radius 1 is 0.974 bits per heavy atom. The number of anilines is 3. The van der Waals surface area contributed by atoms with Crippen LogP contribution in [0.2, 0.25) is 5.02 Å². The third-order valence-electron chi connectivity index (χ3n) is 5.71. The average Bonchev–Trinajstić information content (AvgIpc) is 3.48. The summed E-state index contributed by atoms with van der Waals surface area (Å²) < 4.78 is 5.57. The topological polar surface area (TPSA) is 101 Å². The first-order valence-corrected chi connectivity index (χ1v) is 13.4. The van der Waals surface area contributed by atoms with Gasteiger partial charge in [-0.1, -0.05) is 47.5 Å². The molecule has 0 fully saturated rings. The summed E-state index contributed by atoms with van der Waals surface area (Å²) in [6.07, 6.45) is 0. The summed E-state index contributed by atoms with van der Waals surface area (Å²) in [5.41, 5.74) is 2.70. The van der Waals surface area contributed by atoms with Crippen LogP contribution in [0.1, 0.15) is 17.3 Å². The number of rotatable bonds is 8. The van der Waals surface area contributed by atoms with E-state index >= 15 is 0 Å². The molecule has 3 aromatic carbocycles. The molecule has 1 aliphatic heterocycles. The first-order valence-electron chi connectivity index (χ1n) is 11.8. The molecular formula is C28H20Cl2N4O4S. The van der Waals surface area contributed by atoms with Crippen LogP contribution in [0.25, 0.3) is 11.3 Å². The first kappa shape index (κ1) is 26.4. The fraction of sp³-hybridized carbons (Fsp3) is 0.0714. The van der Waals surface area contributed by atoms with E-state index in [9.17, 15) is 14.4 Å². The second-order valence-electron chi connectivity index (χ2n) is 8.24. The number of para-hydroxylation sites is 2. The number of ether oxygens (including phenoxy) is 1. The van der Waals surface area contributed by atoms with Crippen molar-refractivity contribution in [3.63, 3.8) is 0 Å². The first-order chi connectivity index (χ1) is 18.9. The molecule has 8 nitrogen and oxygen atoms in total. The van der Waals surface area contributed by atoms with Crippen LogP contribution in [0.15, 0.2) is 88.9 Å². The number of amides is 3. The molecule has 11 heteroatoms. The molecule has 0 aliphatic carbocycles. The van der Waals surface area contributed by atoms with Crippen molar-refractivity contribution in [2.45, 2.75) is 6.92 Å². The Hall–Kier alpha value is -4.18. The van der Waals surface area contributed by atoms with Gasteiger partial charge in [0.05, 0.1) is 18.0 Å². The predicted octanol–water partition coefficient (Wildman–Crippen LogP) is 6.55. The lowest BCUT2D eigenvalue weighted by Crippen LogP contribution is -2.32. The molecule has 39 heavy (non-hydrogen) atoms. The fourth-order valence-electron chi connectivity index (χ4n) is 3.85. The van der Waals surface area contributed by atoms with Crippen LogP contribution in [-0.2, 0) is 9.59 Å².